The first-order valence-electron chi connectivity index (χ1n) is 10.7. The number of thioether (sulfide) groups is 1. The molecule has 0 unspecified atom stereocenters. The van der Waals surface area contributed by atoms with Gasteiger partial charge in [-0.05, 0) is 42.0 Å². The van der Waals surface area contributed by atoms with Crippen LogP contribution in [0, 0.1) is 5.92 Å². The van der Waals surface area contributed by atoms with E-state index in [1.54, 1.807) is 0 Å². The van der Waals surface area contributed by atoms with E-state index in [0.29, 0.717) is 0 Å². The zero-order valence-corrected chi connectivity index (χ0v) is 17.2. The number of fused-ring (bicyclic) bond motifs is 1. The Morgan fingerprint density at radius 1 is 0.923 bits per heavy atom. The Morgan fingerprint density at radius 3 is 2.46 bits per heavy atom. The maximum absolute atomic E-state index is 6.25. The average molecular weight is 371 g/mol. The summed E-state index contributed by atoms with van der Waals surface area (Å²) in [6.07, 6.45) is 13.6. The summed E-state index contributed by atoms with van der Waals surface area (Å²) in [5.41, 5.74) is 0. The monoisotopic (exact) mass is 370 g/mol. The van der Waals surface area contributed by atoms with Crippen molar-refractivity contribution in [1.82, 2.24) is 0 Å². The highest BCUT2D eigenvalue weighted by molar-refractivity contribution is 7.99. The van der Waals surface area contributed by atoms with Gasteiger partial charge in [-0.25, -0.2) is 0 Å². The first-order chi connectivity index (χ1) is 12.9. The molecule has 0 bridgehead atoms. The standard InChI is InChI=1S/C24H34OS/c1-2-3-10-19-26-24-16-15-23(21-13-8-9-14-22(21)24)25-18-17-20-11-6-4-5-7-12-20/h8-9,13-16,20H,2-7,10-12,17-19H2,1H3. The van der Waals surface area contributed by atoms with Crippen LogP contribution < -0.4 is 4.74 Å². The van der Waals surface area contributed by atoms with E-state index < -0.39 is 0 Å². The molecule has 0 N–H and O–H groups in total. The third kappa shape index (κ3) is 5.67. The van der Waals surface area contributed by atoms with Crippen molar-refractivity contribution in [3.05, 3.63) is 36.4 Å². The van der Waals surface area contributed by atoms with Gasteiger partial charge >= 0.3 is 0 Å². The van der Waals surface area contributed by atoms with Gasteiger partial charge in [-0.1, -0.05) is 82.6 Å². The predicted octanol–water partition coefficient (Wildman–Crippen LogP) is 7.86. The molecule has 0 spiro atoms. The lowest BCUT2D eigenvalue weighted by atomic mass is 9.97. The molecule has 0 atom stereocenters. The second-order valence-corrected chi connectivity index (χ2v) is 8.79. The maximum atomic E-state index is 6.25. The highest BCUT2D eigenvalue weighted by Crippen LogP contribution is 2.35. The first kappa shape index (κ1) is 19.6. The van der Waals surface area contributed by atoms with Crippen LogP contribution in [0.1, 0.15) is 71.1 Å². The fourth-order valence-corrected chi connectivity index (χ4v) is 5.08. The molecule has 26 heavy (non-hydrogen) atoms. The number of ether oxygens (including phenoxy) is 1. The van der Waals surface area contributed by atoms with E-state index in [2.05, 4.69) is 43.3 Å². The molecule has 3 rings (SSSR count). The number of rotatable bonds is 9. The highest BCUT2D eigenvalue weighted by atomic mass is 32.2. The summed E-state index contributed by atoms with van der Waals surface area (Å²) < 4.78 is 6.25. The minimum atomic E-state index is 0.859. The molecule has 2 heteroatoms. The second kappa shape index (κ2) is 10.9. The fourth-order valence-electron chi connectivity index (χ4n) is 4.02. The SMILES string of the molecule is CCCCCSc1ccc(OCCC2CCCCCC2)c2ccccc12. The van der Waals surface area contributed by atoms with Gasteiger partial charge in [-0.3, -0.25) is 0 Å². The molecule has 0 saturated heterocycles. The van der Waals surface area contributed by atoms with Crippen molar-refractivity contribution in [3.63, 3.8) is 0 Å². The van der Waals surface area contributed by atoms with Gasteiger partial charge in [-0.2, -0.15) is 0 Å². The smallest absolute Gasteiger partial charge is 0.127 e. The van der Waals surface area contributed by atoms with Crippen molar-refractivity contribution >= 4 is 22.5 Å². The van der Waals surface area contributed by atoms with Gasteiger partial charge in [-0.15, -0.1) is 11.8 Å². The highest BCUT2D eigenvalue weighted by Gasteiger charge is 2.13. The van der Waals surface area contributed by atoms with Crippen LogP contribution in [0.15, 0.2) is 41.3 Å². The first-order valence-corrected chi connectivity index (χ1v) is 11.6. The van der Waals surface area contributed by atoms with E-state index >= 15 is 0 Å². The minimum absolute atomic E-state index is 0.859. The van der Waals surface area contributed by atoms with Crippen LogP contribution in [0.5, 0.6) is 5.75 Å². The number of benzene rings is 2. The summed E-state index contributed by atoms with van der Waals surface area (Å²) in [6.45, 7) is 3.12. The van der Waals surface area contributed by atoms with Crippen LogP contribution in [-0.2, 0) is 0 Å². The third-order valence-corrected chi connectivity index (χ3v) is 6.77. The van der Waals surface area contributed by atoms with Crippen molar-refractivity contribution in [2.24, 2.45) is 5.92 Å². The molecule has 0 amide bonds. The third-order valence-electron chi connectivity index (χ3n) is 5.61. The maximum Gasteiger partial charge on any atom is 0.127 e. The van der Waals surface area contributed by atoms with Crippen molar-refractivity contribution in [3.8, 4) is 5.75 Å². The Balaban J connectivity index is 1.61. The molecule has 1 saturated carbocycles. The van der Waals surface area contributed by atoms with E-state index in [4.69, 9.17) is 4.74 Å². The van der Waals surface area contributed by atoms with E-state index in [1.807, 2.05) is 11.8 Å². The largest absolute Gasteiger partial charge is 0.493 e. The lowest BCUT2D eigenvalue weighted by molar-refractivity contribution is 0.269. The van der Waals surface area contributed by atoms with Crippen LogP contribution in [0.2, 0.25) is 0 Å². The van der Waals surface area contributed by atoms with Gasteiger partial charge in [0.2, 0.25) is 0 Å². The van der Waals surface area contributed by atoms with Gasteiger partial charge in [0, 0.05) is 10.3 Å². The van der Waals surface area contributed by atoms with Gasteiger partial charge in [0.25, 0.3) is 0 Å². The predicted molar refractivity (Wildman–Crippen MR) is 116 cm³/mol. The summed E-state index contributed by atoms with van der Waals surface area (Å²) in [6, 6.07) is 13.2. The molecular weight excluding hydrogens is 336 g/mol. The minimum Gasteiger partial charge on any atom is -0.493 e. The zero-order chi connectivity index (χ0) is 18.0. The van der Waals surface area contributed by atoms with Gasteiger partial charge in [0.15, 0.2) is 0 Å². The molecule has 1 aliphatic carbocycles. The molecule has 2 aromatic rings. The van der Waals surface area contributed by atoms with Gasteiger partial charge in [0.1, 0.15) is 5.75 Å². The van der Waals surface area contributed by atoms with Crippen molar-refractivity contribution < 1.29 is 4.74 Å². The van der Waals surface area contributed by atoms with Crippen molar-refractivity contribution in [1.29, 1.82) is 0 Å². The molecular formula is C24H34OS. The van der Waals surface area contributed by atoms with E-state index in [1.165, 1.54) is 85.6 Å². The van der Waals surface area contributed by atoms with E-state index in [9.17, 15) is 0 Å². The summed E-state index contributed by atoms with van der Waals surface area (Å²) in [5, 5.41) is 2.62. The quantitative estimate of drug-likeness (QED) is 0.252. The van der Waals surface area contributed by atoms with Crippen molar-refractivity contribution in [2.75, 3.05) is 12.4 Å². The zero-order valence-electron chi connectivity index (χ0n) is 16.3. The topological polar surface area (TPSA) is 9.23 Å². The summed E-state index contributed by atoms with van der Waals surface area (Å²) in [5.74, 6) is 3.14. The van der Waals surface area contributed by atoms with Crippen LogP contribution >= 0.6 is 11.8 Å². The lowest BCUT2D eigenvalue weighted by Gasteiger charge is -2.16. The summed E-state index contributed by atoms with van der Waals surface area (Å²) in [4.78, 5) is 1.40. The summed E-state index contributed by atoms with van der Waals surface area (Å²) >= 11 is 1.99. The molecule has 0 heterocycles. The molecule has 0 aromatic heterocycles. The number of hydrogen-bond donors (Lipinski definition) is 0. The Kier molecular flexibility index (Phi) is 8.20. The summed E-state index contributed by atoms with van der Waals surface area (Å²) in [7, 11) is 0. The molecule has 1 nitrogen and oxygen atoms in total. The Bertz CT molecular complexity index is 658. The molecule has 1 fully saturated rings. The van der Waals surface area contributed by atoms with E-state index in [0.717, 1.165) is 18.3 Å². The lowest BCUT2D eigenvalue weighted by Crippen LogP contribution is -2.06. The van der Waals surface area contributed by atoms with Crippen LogP contribution in [-0.4, -0.2) is 12.4 Å². The fraction of sp³-hybridized carbons (Fsp3) is 0.583. The van der Waals surface area contributed by atoms with Gasteiger partial charge in [0.05, 0.1) is 6.61 Å². The number of unbranched alkanes of at least 4 members (excludes halogenated alkanes) is 2. The molecule has 0 radical (unpaired) electrons. The molecule has 0 aliphatic heterocycles. The van der Waals surface area contributed by atoms with Crippen molar-refractivity contribution in [2.45, 2.75) is 76.0 Å². The van der Waals surface area contributed by atoms with Crippen LogP contribution in [0.4, 0.5) is 0 Å². The average Bonchev–Trinajstić information content (AvgIpc) is 2.95. The van der Waals surface area contributed by atoms with Gasteiger partial charge < -0.3 is 4.74 Å². The second-order valence-electron chi connectivity index (χ2n) is 7.66. The Hall–Kier alpha value is -1.15. The van der Waals surface area contributed by atoms with E-state index in [-0.39, 0.29) is 0 Å². The molecule has 2 aromatic carbocycles. The van der Waals surface area contributed by atoms with Crippen LogP contribution in [0.25, 0.3) is 10.8 Å². The Morgan fingerprint density at radius 2 is 1.69 bits per heavy atom. The Labute approximate surface area is 163 Å². The molecule has 142 valence electrons. The number of hydrogen-bond acceptors (Lipinski definition) is 2. The van der Waals surface area contributed by atoms with Crippen LogP contribution in [0.3, 0.4) is 0 Å². The molecule has 1 aliphatic rings. The normalized spacial score (nSPS) is 15.9.